The third-order valence-electron chi connectivity index (χ3n) is 9.07. The van der Waals surface area contributed by atoms with Crippen molar-refractivity contribution in [1.82, 2.24) is 20.6 Å². The molecule has 0 spiro atoms. The Bertz CT molecular complexity index is 2710. The first-order valence-electron chi connectivity index (χ1n) is 19.0. The lowest BCUT2D eigenvalue weighted by molar-refractivity contribution is 0.0901. The van der Waals surface area contributed by atoms with Crippen molar-refractivity contribution >= 4 is 46.6 Å². The van der Waals surface area contributed by atoms with Crippen molar-refractivity contribution in [2.45, 2.75) is 6.92 Å². The van der Waals surface area contributed by atoms with Gasteiger partial charge in [0.15, 0.2) is 34.6 Å². The summed E-state index contributed by atoms with van der Waals surface area (Å²) < 4.78 is 66.9. The number of carbonyl (C=O) groups is 4. The number of nitrogens with one attached hydrogen (secondary N) is 2. The van der Waals surface area contributed by atoms with Crippen LogP contribution in [0, 0.1) is 17.5 Å². The smallest absolute Gasteiger partial charge is 0.251 e. The van der Waals surface area contributed by atoms with Crippen LogP contribution in [0.2, 0.25) is 10.0 Å². The Morgan fingerprint density at radius 2 is 0.938 bits per heavy atom. The van der Waals surface area contributed by atoms with Crippen LogP contribution in [0.4, 0.5) is 13.2 Å². The van der Waals surface area contributed by atoms with Crippen LogP contribution in [-0.2, 0) is 0 Å². The van der Waals surface area contributed by atoms with Gasteiger partial charge in [-0.3, -0.25) is 19.2 Å². The molecule has 0 saturated carbocycles. The molecule has 0 saturated heterocycles. The normalized spacial score (nSPS) is 10.5. The van der Waals surface area contributed by atoms with Crippen LogP contribution in [0.25, 0.3) is 22.5 Å². The Morgan fingerprint density at radius 3 is 1.34 bits per heavy atom. The first-order valence-corrected chi connectivity index (χ1v) is 19.7. The van der Waals surface area contributed by atoms with Gasteiger partial charge in [0, 0.05) is 22.3 Å². The van der Waals surface area contributed by atoms with Crippen molar-refractivity contribution in [2.24, 2.45) is 0 Å². The molecule has 0 aliphatic rings. The molecule has 64 heavy (non-hydrogen) atoms. The van der Waals surface area contributed by atoms with Gasteiger partial charge in [0.05, 0.1) is 58.2 Å². The van der Waals surface area contributed by atoms with Crippen LogP contribution in [0.15, 0.2) is 97.1 Å². The monoisotopic (exact) mass is 918 g/mol. The number of aromatic nitrogens is 2. The topological polar surface area (TPSA) is 164 Å². The molecule has 4 aromatic carbocycles. The van der Waals surface area contributed by atoms with E-state index < -0.39 is 40.8 Å². The lowest BCUT2D eigenvalue weighted by Gasteiger charge is -2.12. The summed E-state index contributed by atoms with van der Waals surface area (Å²) in [5.41, 5.74) is 2.07. The molecule has 0 bridgehead atoms. The van der Waals surface area contributed by atoms with Gasteiger partial charge < -0.3 is 34.3 Å². The Labute approximate surface area is 375 Å². The van der Waals surface area contributed by atoms with E-state index in [1.807, 2.05) is 6.92 Å². The lowest BCUT2D eigenvalue weighted by atomic mass is 10.1. The van der Waals surface area contributed by atoms with Gasteiger partial charge in [0.2, 0.25) is 0 Å². The number of amides is 2. The van der Waals surface area contributed by atoms with E-state index >= 15 is 0 Å². The predicted octanol–water partition coefficient (Wildman–Crippen LogP) is 8.88. The van der Waals surface area contributed by atoms with Gasteiger partial charge in [-0.05, 0) is 104 Å². The number of hydrogen-bond acceptors (Lipinski definition) is 11. The quantitative estimate of drug-likeness (QED) is 0.0892. The number of benzene rings is 4. The summed E-state index contributed by atoms with van der Waals surface area (Å²) in [5, 5.41) is 4.83. The molecular formula is C46H39Cl2F3N4O9. The molecule has 0 unspecified atom stereocenters. The summed E-state index contributed by atoms with van der Waals surface area (Å²) in [6, 6.07) is 22.6. The molecule has 2 heterocycles. The molecule has 13 nitrogen and oxygen atoms in total. The standard InChI is InChI=1S/C24H22ClFN2O5.C22H17ClF2N2O4/c1-4-33-20-9-6-15(12-22(20)32-3)24(30)27-13-19(29)18-8-10-21(31-2)23(28-18)14-5-7-17(26)16(25)11-14;1-30-19-7-4-13(10-16(19)25)22(29)26-11-18(28)17-6-8-20(31-2)21(27-17)12-3-5-15(24)14(23)9-12/h5-12H,4,13H2,1-3H3,(H,27,30);3-10H,11H2,1-2H3,(H,26,29). The number of ketones is 2. The van der Waals surface area contributed by atoms with Crippen molar-refractivity contribution in [1.29, 1.82) is 0 Å². The summed E-state index contributed by atoms with van der Waals surface area (Å²) in [6.07, 6.45) is 0. The SMILES string of the molecule is CCOc1ccc(C(=O)NCC(=O)c2ccc(OC)c(-c3ccc(F)c(Cl)c3)n2)cc1OC.COc1ccc(C(=O)NCC(=O)c2ccc(OC)c(-c3ccc(F)c(Cl)c3)n2)cc1F. The summed E-state index contributed by atoms with van der Waals surface area (Å²) in [6.45, 7) is 1.65. The van der Waals surface area contributed by atoms with Gasteiger partial charge in [0.1, 0.15) is 45.9 Å². The number of pyridine rings is 2. The van der Waals surface area contributed by atoms with E-state index in [9.17, 15) is 32.3 Å². The summed E-state index contributed by atoms with van der Waals surface area (Å²) in [7, 11) is 5.68. The summed E-state index contributed by atoms with van der Waals surface area (Å²) >= 11 is 11.7. The number of Topliss-reactive ketones (excluding diaryl/α,β-unsaturated/α-hetero) is 2. The number of halogens is 5. The van der Waals surface area contributed by atoms with Crippen LogP contribution in [0.3, 0.4) is 0 Å². The molecule has 332 valence electrons. The van der Waals surface area contributed by atoms with Crippen molar-refractivity contribution in [3.63, 3.8) is 0 Å². The van der Waals surface area contributed by atoms with Gasteiger partial charge in [-0.2, -0.15) is 0 Å². The molecule has 0 aliphatic carbocycles. The molecule has 0 atom stereocenters. The molecule has 18 heteroatoms. The second kappa shape index (κ2) is 22.3. The number of rotatable bonds is 16. The first-order chi connectivity index (χ1) is 30.7. The van der Waals surface area contributed by atoms with E-state index in [2.05, 4.69) is 20.6 Å². The average Bonchev–Trinajstić information content (AvgIpc) is 3.31. The van der Waals surface area contributed by atoms with E-state index in [4.69, 9.17) is 46.9 Å². The molecule has 0 fully saturated rings. The Balaban J connectivity index is 0.000000241. The van der Waals surface area contributed by atoms with Gasteiger partial charge >= 0.3 is 0 Å². The van der Waals surface area contributed by atoms with Gasteiger partial charge in [0.25, 0.3) is 11.8 Å². The minimum Gasteiger partial charge on any atom is -0.494 e. The number of ether oxygens (including phenoxy) is 5. The second-order valence-corrected chi connectivity index (χ2v) is 13.9. The van der Waals surface area contributed by atoms with Crippen LogP contribution >= 0.6 is 23.2 Å². The van der Waals surface area contributed by atoms with E-state index in [0.29, 0.717) is 57.7 Å². The Morgan fingerprint density at radius 1 is 0.516 bits per heavy atom. The van der Waals surface area contributed by atoms with E-state index in [-0.39, 0.29) is 45.8 Å². The fraction of sp³-hybridized carbons (Fsp3) is 0.174. The lowest BCUT2D eigenvalue weighted by Crippen LogP contribution is -2.30. The maximum atomic E-state index is 13.8. The molecule has 0 radical (unpaired) electrons. The average molecular weight is 920 g/mol. The highest BCUT2D eigenvalue weighted by atomic mass is 35.5. The Hall–Kier alpha value is -7.17. The molecule has 2 N–H and O–H groups in total. The molecule has 6 aromatic rings. The van der Waals surface area contributed by atoms with Gasteiger partial charge in [-0.15, -0.1) is 0 Å². The van der Waals surface area contributed by atoms with E-state index in [1.54, 1.807) is 18.2 Å². The van der Waals surface area contributed by atoms with Gasteiger partial charge in [-0.25, -0.2) is 23.1 Å². The zero-order valence-corrected chi connectivity index (χ0v) is 36.3. The van der Waals surface area contributed by atoms with Crippen LogP contribution in [0.1, 0.15) is 48.6 Å². The predicted molar refractivity (Wildman–Crippen MR) is 233 cm³/mol. The molecule has 2 aromatic heterocycles. The third kappa shape index (κ3) is 11.8. The zero-order valence-electron chi connectivity index (χ0n) is 34.8. The maximum Gasteiger partial charge on any atom is 0.251 e. The molecular weight excluding hydrogens is 880 g/mol. The van der Waals surface area contributed by atoms with Crippen molar-refractivity contribution < 1.29 is 56.0 Å². The highest BCUT2D eigenvalue weighted by Crippen LogP contribution is 2.33. The number of nitrogens with zero attached hydrogens (tertiary/aromatic N) is 2. The van der Waals surface area contributed by atoms with Crippen molar-refractivity contribution in [2.75, 3.05) is 48.1 Å². The third-order valence-corrected chi connectivity index (χ3v) is 9.65. The minimum atomic E-state index is -0.694. The number of carbonyl (C=O) groups excluding carboxylic acids is 4. The zero-order chi connectivity index (χ0) is 46.5. The molecule has 6 rings (SSSR count). The molecule has 2 amide bonds. The van der Waals surface area contributed by atoms with E-state index in [0.717, 1.165) is 6.07 Å². The molecule has 0 aliphatic heterocycles. The fourth-order valence-corrected chi connectivity index (χ4v) is 6.19. The Kier molecular flexibility index (Phi) is 16.7. The highest BCUT2D eigenvalue weighted by Gasteiger charge is 2.19. The van der Waals surface area contributed by atoms with Crippen LogP contribution in [0.5, 0.6) is 28.7 Å². The minimum absolute atomic E-state index is 0.00323. The number of methoxy groups -OCH3 is 4. The van der Waals surface area contributed by atoms with Crippen LogP contribution in [-0.4, -0.2) is 81.5 Å². The fourth-order valence-electron chi connectivity index (χ4n) is 5.83. The van der Waals surface area contributed by atoms with Crippen molar-refractivity contribution in [3.8, 4) is 51.3 Å². The second-order valence-electron chi connectivity index (χ2n) is 13.1. The van der Waals surface area contributed by atoms with Crippen molar-refractivity contribution in [3.05, 3.63) is 147 Å². The van der Waals surface area contributed by atoms with Gasteiger partial charge in [-0.1, -0.05) is 23.2 Å². The summed E-state index contributed by atoms with van der Waals surface area (Å²) in [5.74, 6) is -2.16. The number of hydrogen-bond donors (Lipinski definition) is 2. The largest absolute Gasteiger partial charge is 0.494 e. The van der Waals surface area contributed by atoms with Crippen LogP contribution < -0.4 is 34.3 Å². The highest BCUT2D eigenvalue weighted by molar-refractivity contribution is 6.31. The first kappa shape index (κ1) is 47.9. The maximum absolute atomic E-state index is 13.8. The van der Waals surface area contributed by atoms with E-state index in [1.165, 1.54) is 101 Å². The summed E-state index contributed by atoms with van der Waals surface area (Å²) in [4.78, 5) is 58.6.